The Labute approximate surface area is 98.0 Å². The lowest BCUT2D eigenvalue weighted by Crippen LogP contribution is -2.06. The monoisotopic (exact) mass is 239 g/mol. The van der Waals surface area contributed by atoms with Gasteiger partial charge in [-0.25, -0.2) is 4.39 Å². The van der Waals surface area contributed by atoms with Crippen molar-refractivity contribution in [2.75, 3.05) is 5.32 Å². The highest BCUT2D eigenvalue weighted by Crippen LogP contribution is 2.24. The van der Waals surface area contributed by atoms with Crippen molar-refractivity contribution in [1.82, 2.24) is 0 Å². The minimum atomic E-state index is -0.320. The maximum absolute atomic E-state index is 13.4. The third-order valence-corrected chi connectivity index (χ3v) is 2.58. The van der Waals surface area contributed by atoms with Gasteiger partial charge in [-0.05, 0) is 31.2 Å². The van der Waals surface area contributed by atoms with Gasteiger partial charge in [-0.1, -0.05) is 11.6 Å². The van der Waals surface area contributed by atoms with Crippen LogP contribution in [0.25, 0.3) is 0 Å². The van der Waals surface area contributed by atoms with Crippen molar-refractivity contribution in [3.63, 3.8) is 0 Å². The molecule has 0 fully saturated rings. The number of anilines is 1. The van der Waals surface area contributed by atoms with E-state index in [-0.39, 0.29) is 11.9 Å². The van der Waals surface area contributed by atoms with E-state index in [1.807, 2.05) is 13.0 Å². The van der Waals surface area contributed by atoms with Crippen LogP contribution in [-0.4, -0.2) is 0 Å². The lowest BCUT2D eigenvalue weighted by Gasteiger charge is -2.14. The summed E-state index contributed by atoms with van der Waals surface area (Å²) in [5, 5.41) is 3.54. The topological polar surface area (TPSA) is 25.2 Å². The van der Waals surface area contributed by atoms with E-state index in [1.54, 1.807) is 18.6 Å². The number of rotatable bonds is 3. The summed E-state index contributed by atoms with van der Waals surface area (Å²) in [6.45, 7) is 1.92. The van der Waals surface area contributed by atoms with E-state index in [0.29, 0.717) is 10.7 Å². The van der Waals surface area contributed by atoms with Gasteiger partial charge in [0.25, 0.3) is 0 Å². The highest BCUT2D eigenvalue weighted by atomic mass is 35.5. The molecular weight excluding hydrogens is 229 g/mol. The zero-order chi connectivity index (χ0) is 11.5. The summed E-state index contributed by atoms with van der Waals surface area (Å²) < 4.78 is 18.4. The second-order valence-corrected chi connectivity index (χ2v) is 3.98. The van der Waals surface area contributed by atoms with E-state index in [4.69, 9.17) is 16.0 Å². The van der Waals surface area contributed by atoms with E-state index < -0.39 is 0 Å². The summed E-state index contributed by atoms with van der Waals surface area (Å²) in [6, 6.07) is 6.22. The number of furan rings is 1. The van der Waals surface area contributed by atoms with Crippen LogP contribution in [-0.2, 0) is 0 Å². The minimum Gasteiger partial charge on any atom is -0.472 e. The van der Waals surface area contributed by atoms with Crippen LogP contribution in [0, 0.1) is 5.82 Å². The minimum absolute atomic E-state index is 0.0354. The Hall–Kier alpha value is -1.48. The van der Waals surface area contributed by atoms with Crippen molar-refractivity contribution < 1.29 is 8.81 Å². The third kappa shape index (κ3) is 2.36. The third-order valence-electron chi connectivity index (χ3n) is 2.34. The molecule has 0 aliphatic carbocycles. The molecule has 1 unspecified atom stereocenters. The summed E-state index contributed by atoms with van der Waals surface area (Å²) in [5.74, 6) is -0.320. The fraction of sp³-hybridized carbons (Fsp3) is 0.167. The summed E-state index contributed by atoms with van der Waals surface area (Å²) in [4.78, 5) is 0. The quantitative estimate of drug-likeness (QED) is 0.867. The van der Waals surface area contributed by atoms with Gasteiger partial charge in [-0.3, -0.25) is 0 Å². The zero-order valence-electron chi connectivity index (χ0n) is 8.71. The van der Waals surface area contributed by atoms with Crippen LogP contribution < -0.4 is 5.32 Å². The average molecular weight is 240 g/mol. The van der Waals surface area contributed by atoms with Crippen molar-refractivity contribution >= 4 is 17.3 Å². The number of benzene rings is 1. The van der Waals surface area contributed by atoms with Crippen LogP contribution in [0.5, 0.6) is 0 Å². The highest BCUT2D eigenvalue weighted by Gasteiger charge is 2.09. The van der Waals surface area contributed by atoms with Gasteiger partial charge in [0.15, 0.2) is 0 Å². The lowest BCUT2D eigenvalue weighted by atomic mass is 10.1. The second-order valence-electron chi connectivity index (χ2n) is 3.55. The zero-order valence-corrected chi connectivity index (χ0v) is 9.46. The van der Waals surface area contributed by atoms with Crippen molar-refractivity contribution in [3.8, 4) is 0 Å². The van der Waals surface area contributed by atoms with Crippen LogP contribution >= 0.6 is 11.6 Å². The molecule has 1 N–H and O–H groups in total. The molecule has 1 heterocycles. The molecule has 0 bridgehead atoms. The maximum Gasteiger partial charge on any atom is 0.146 e. The van der Waals surface area contributed by atoms with E-state index in [1.165, 1.54) is 12.1 Å². The molecule has 0 amide bonds. The van der Waals surface area contributed by atoms with Gasteiger partial charge < -0.3 is 9.73 Å². The fourth-order valence-electron chi connectivity index (χ4n) is 1.45. The molecule has 1 aromatic heterocycles. The number of halogens is 2. The standard InChI is InChI=1S/C12H11ClFNO/c1-8(9-4-5-16-7-9)15-12-6-10(13)2-3-11(12)14/h2-8,15H,1H3. The Morgan fingerprint density at radius 2 is 2.19 bits per heavy atom. The summed E-state index contributed by atoms with van der Waals surface area (Å²) in [5.41, 5.74) is 1.35. The highest BCUT2D eigenvalue weighted by molar-refractivity contribution is 6.30. The van der Waals surface area contributed by atoms with Crippen LogP contribution in [0.2, 0.25) is 5.02 Å². The largest absolute Gasteiger partial charge is 0.472 e. The van der Waals surface area contributed by atoms with Gasteiger partial charge in [-0.15, -0.1) is 0 Å². The fourth-order valence-corrected chi connectivity index (χ4v) is 1.62. The van der Waals surface area contributed by atoms with Gasteiger partial charge in [0.2, 0.25) is 0 Å². The molecule has 0 spiro atoms. The smallest absolute Gasteiger partial charge is 0.146 e. The van der Waals surface area contributed by atoms with E-state index in [0.717, 1.165) is 5.56 Å². The van der Waals surface area contributed by atoms with Gasteiger partial charge in [-0.2, -0.15) is 0 Å². The second kappa shape index (κ2) is 4.58. The predicted molar refractivity (Wildman–Crippen MR) is 62.2 cm³/mol. The normalized spacial score (nSPS) is 12.4. The Kier molecular flexibility index (Phi) is 3.15. The molecule has 2 nitrogen and oxygen atoms in total. The SMILES string of the molecule is CC(Nc1cc(Cl)ccc1F)c1ccoc1. The lowest BCUT2D eigenvalue weighted by molar-refractivity contribution is 0.562. The number of hydrogen-bond acceptors (Lipinski definition) is 2. The van der Waals surface area contributed by atoms with Crippen LogP contribution in [0.15, 0.2) is 41.2 Å². The Balaban J connectivity index is 2.17. The van der Waals surface area contributed by atoms with Crippen molar-refractivity contribution in [2.45, 2.75) is 13.0 Å². The molecule has 0 saturated carbocycles. The molecule has 2 aromatic rings. The van der Waals surface area contributed by atoms with E-state index in [9.17, 15) is 4.39 Å². The Bertz CT molecular complexity index is 470. The van der Waals surface area contributed by atoms with Crippen LogP contribution in [0.4, 0.5) is 10.1 Å². The molecular formula is C12H11ClFNO. The van der Waals surface area contributed by atoms with Gasteiger partial charge >= 0.3 is 0 Å². The summed E-state index contributed by atoms with van der Waals surface area (Å²) >= 11 is 5.80. The first-order valence-electron chi connectivity index (χ1n) is 4.90. The molecule has 16 heavy (non-hydrogen) atoms. The summed E-state index contributed by atoms with van der Waals surface area (Å²) in [6.07, 6.45) is 3.21. The molecule has 0 radical (unpaired) electrons. The van der Waals surface area contributed by atoms with Crippen molar-refractivity contribution in [3.05, 3.63) is 53.2 Å². The molecule has 0 saturated heterocycles. The van der Waals surface area contributed by atoms with Crippen molar-refractivity contribution in [2.24, 2.45) is 0 Å². The van der Waals surface area contributed by atoms with Gasteiger partial charge in [0.1, 0.15) is 5.82 Å². The first-order valence-corrected chi connectivity index (χ1v) is 5.28. The maximum atomic E-state index is 13.4. The molecule has 84 valence electrons. The van der Waals surface area contributed by atoms with E-state index in [2.05, 4.69) is 5.32 Å². The molecule has 2 rings (SSSR count). The summed E-state index contributed by atoms with van der Waals surface area (Å²) in [7, 11) is 0. The molecule has 0 aliphatic rings. The number of hydrogen-bond donors (Lipinski definition) is 1. The van der Waals surface area contributed by atoms with Gasteiger partial charge in [0.05, 0.1) is 24.3 Å². The van der Waals surface area contributed by atoms with E-state index >= 15 is 0 Å². The van der Waals surface area contributed by atoms with Crippen molar-refractivity contribution in [1.29, 1.82) is 0 Å². The average Bonchev–Trinajstić information content (AvgIpc) is 2.76. The Morgan fingerprint density at radius 3 is 2.88 bits per heavy atom. The number of nitrogens with one attached hydrogen (secondary N) is 1. The first kappa shape index (κ1) is 11.0. The Morgan fingerprint density at radius 1 is 1.38 bits per heavy atom. The molecule has 0 aliphatic heterocycles. The molecule has 1 atom stereocenters. The van der Waals surface area contributed by atoms with Crippen LogP contribution in [0.1, 0.15) is 18.5 Å². The molecule has 4 heteroatoms. The molecule has 1 aromatic carbocycles. The van der Waals surface area contributed by atoms with Crippen LogP contribution in [0.3, 0.4) is 0 Å². The predicted octanol–water partition coefficient (Wildman–Crippen LogP) is 4.25. The van der Waals surface area contributed by atoms with Gasteiger partial charge in [0, 0.05) is 10.6 Å². The first-order chi connectivity index (χ1) is 7.66.